The van der Waals surface area contributed by atoms with Crippen molar-refractivity contribution in [1.82, 2.24) is 5.32 Å². The third-order valence-electron chi connectivity index (χ3n) is 3.40. The van der Waals surface area contributed by atoms with Gasteiger partial charge in [-0.25, -0.2) is 4.39 Å². The molecule has 1 aromatic rings. The summed E-state index contributed by atoms with van der Waals surface area (Å²) in [6.45, 7) is 9.58. The minimum atomic E-state index is -0.141. The highest BCUT2D eigenvalue weighted by Crippen LogP contribution is 2.27. The number of hydrogen-bond donors (Lipinski definition) is 1. The molecule has 2 atom stereocenters. The van der Waals surface area contributed by atoms with Crippen LogP contribution in [0.15, 0.2) is 18.2 Å². The Kier molecular flexibility index (Phi) is 5.63. The topological polar surface area (TPSA) is 12.0 Å². The van der Waals surface area contributed by atoms with Crippen LogP contribution in [0.1, 0.15) is 50.8 Å². The summed E-state index contributed by atoms with van der Waals surface area (Å²) in [6.07, 6.45) is 2.19. The number of halogens is 1. The lowest BCUT2D eigenvalue weighted by molar-refractivity contribution is 0.374. The van der Waals surface area contributed by atoms with E-state index < -0.39 is 0 Å². The van der Waals surface area contributed by atoms with Crippen LogP contribution in [-0.2, 0) is 0 Å². The lowest BCUT2D eigenvalue weighted by Gasteiger charge is -2.26. The molecule has 1 rings (SSSR count). The van der Waals surface area contributed by atoms with E-state index in [9.17, 15) is 4.39 Å². The minimum Gasteiger partial charge on any atom is -0.310 e. The van der Waals surface area contributed by atoms with Crippen LogP contribution in [-0.4, -0.2) is 6.54 Å². The predicted molar refractivity (Wildman–Crippen MR) is 71.6 cm³/mol. The Bertz CT molecular complexity index is 349. The van der Waals surface area contributed by atoms with E-state index >= 15 is 0 Å². The highest BCUT2D eigenvalue weighted by Gasteiger charge is 2.19. The summed E-state index contributed by atoms with van der Waals surface area (Å²) in [5, 5.41) is 3.54. The van der Waals surface area contributed by atoms with E-state index in [0.717, 1.165) is 24.9 Å². The van der Waals surface area contributed by atoms with Crippen LogP contribution in [0.2, 0.25) is 0 Å². The fraction of sp³-hybridized carbons (Fsp3) is 0.600. The minimum absolute atomic E-state index is 0.141. The van der Waals surface area contributed by atoms with Gasteiger partial charge in [-0.3, -0.25) is 0 Å². The predicted octanol–water partition coefficient (Wildman–Crippen LogP) is 4.22. The summed E-state index contributed by atoms with van der Waals surface area (Å²) < 4.78 is 13.4. The average Bonchev–Trinajstić information content (AvgIpc) is 2.33. The van der Waals surface area contributed by atoms with Crippen LogP contribution < -0.4 is 5.32 Å². The third-order valence-corrected chi connectivity index (χ3v) is 3.40. The van der Waals surface area contributed by atoms with Crippen molar-refractivity contribution in [3.63, 3.8) is 0 Å². The summed E-state index contributed by atoms with van der Waals surface area (Å²) in [4.78, 5) is 0. The summed E-state index contributed by atoms with van der Waals surface area (Å²) >= 11 is 0. The number of benzene rings is 1. The van der Waals surface area contributed by atoms with E-state index in [1.807, 2.05) is 6.07 Å². The first-order valence-electron chi connectivity index (χ1n) is 6.59. The van der Waals surface area contributed by atoms with E-state index in [-0.39, 0.29) is 11.9 Å². The van der Waals surface area contributed by atoms with E-state index in [2.05, 4.69) is 33.0 Å². The Morgan fingerprint density at radius 1 is 1.29 bits per heavy atom. The zero-order valence-corrected chi connectivity index (χ0v) is 11.4. The fourth-order valence-corrected chi connectivity index (χ4v) is 2.10. The summed E-state index contributed by atoms with van der Waals surface area (Å²) in [6, 6.07) is 5.34. The molecule has 0 aliphatic carbocycles. The molecule has 0 saturated carbocycles. The van der Waals surface area contributed by atoms with Crippen molar-refractivity contribution in [2.45, 2.75) is 46.6 Å². The quantitative estimate of drug-likeness (QED) is 0.781. The maximum Gasteiger partial charge on any atom is 0.123 e. The van der Waals surface area contributed by atoms with Crippen LogP contribution in [0.5, 0.6) is 0 Å². The van der Waals surface area contributed by atoms with Gasteiger partial charge in [0.2, 0.25) is 0 Å². The second-order valence-electron chi connectivity index (χ2n) is 4.82. The first kappa shape index (κ1) is 14.2. The summed E-state index contributed by atoms with van der Waals surface area (Å²) in [5.41, 5.74) is 2.27. The second kappa shape index (κ2) is 6.75. The molecule has 1 nitrogen and oxygen atoms in total. The molecule has 0 aliphatic heterocycles. The molecule has 0 aliphatic rings. The lowest BCUT2D eigenvalue weighted by atomic mass is 9.89. The maximum atomic E-state index is 13.4. The molecule has 0 spiro atoms. The van der Waals surface area contributed by atoms with Gasteiger partial charge in [0.15, 0.2) is 0 Å². The van der Waals surface area contributed by atoms with Gasteiger partial charge in [-0.2, -0.15) is 0 Å². The molecule has 0 saturated heterocycles. The van der Waals surface area contributed by atoms with Crippen LogP contribution in [0.25, 0.3) is 0 Å². The van der Waals surface area contributed by atoms with Gasteiger partial charge in [0, 0.05) is 6.04 Å². The van der Waals surface area contributed by atoms with Crippen molar-refractivity contribution in [2.75, 3.05) is 6.54 Å². The molecule has 17 heavy (non-hydrogen) atoms. The van der Waals surface area contributed by atoms with E-state index in [1.165, 1.54) is 11.6 Å². The van der Waals surface area contributed by atoms with Crippen LogP contribution in [0.4, 0.5) is 4.39 Å². The monoisotopic (exact) mass is 237 g/mol. The van der Waals surface area contributed by atoms with Crippen LogP contribution >= 0.6 is 0 Å². The number of rotatable bonds is 6. The number of hydrogen-bond acceptors (Lipinski definition) is 1. The average molecular weight is 237 g/mol. The molecule has 0 bridgehead atoms. The van der Waals surface area contributed by atoms with Gasteiger partial charge in [-0.1, -0.05) is 33.3 Å². The molecule has 0 radical (unpaired) electrons. The lowest BCUT2D eigenvalue weighted by Crippen LogP contribution is -2.28. The van der Waals surface area contributed by atoms with E-state index in [4.69, 9.17) is 0 Å². The smallest absolute Gasteiger partial charge is 0.123 e. The Balaban J connectivity index is 2.98. The van der Waals surface area contributed by atoms with Crippen molar-refractivity contribution < 1.29 is 4.39 Å². The van der Waals surface area contributed by atoms with Crippen LogP contribution in [0, 0.1) is 18.7 Å². The summed E-state index contributed by atoms with van der Waals surface area (Å²) in [5.74, 6) is 0.374. The largest absolute Gasteiger partial charge is 0.310 e. The molecule has 0 heterocycles. The molecule has 1 aromatic carbocycles. The van der Waals surface area contributed by atoms with Gasteiger partial charge in [-0.15, -0.1) is 0 Å². The molecule has 0 amide bonds. The Morgan fingerprint density at radius 3 is 2.59 bits per heavy atom. The maximum absolute atomic E-state index is 13.4. The number of nitrogens with one attached hydrogen (secondary N) is 1. The normalized spacial score (nSPS) is 14.6. The molecule has 0 aromatic heterocycles. The first-order valence-corrected chi connectivity index (χ1v) is 6.59. The Labute approximate surface area is 104 Å². The molecule has 2 heteroatoms. The van der Waals surface area contributed by atoms with Gasteiger partial charge >= 0.3 is 0 Å². The Morgan fingerprint density at radius 2 is 2.00 bits per heavy atom. The van der Waals surface area contributed by atoms with Crippen molar-refractivity contribution in [2.24, 2.45) is 5.92 Å². The molecule has 2 unspecified atom stereocenters. The highest BCUT2D eigenvalue weighted by atomic mass is 19.1. The standard InChI is InChI=1S/C15H24FN/c1-5-9-17-15(11(3)6-2)14-10-13(16)8-7-12(14)4/h7-8,10-11,15,17H,5-6,9H2,1-4H3. The molecular weight excluding hydrogens is 213 g/mol. The summed E-state index contributed by atoms with van der Waals surface area (Å²) in [7, 11) is 0. The first-order chi connectivity index (χ1) is 8.10. The van der Waals surface area contributed by atoms with Gasteiger partial charge in [-0.05, 0) is 49.1 Å². The highest BCUT2D eigenvalue weighted by molar-refractivity contribution is 5.30. The Hall–Kier alpha value is -0.890. The SMILES string of the molecule is CCCNC(c1cc(F)ccc1C)C(C)CC. The zero-order valence-electron chi connectivity index (χ0n) is 11.4. The van der Waals surface area contributed by atoms with Crippen molar-refractivity contribution in [3.8, 4) is 0 Å². The fourth-order valence-electron chi connectivity index (χ4n) is 2.10. The van der Waals surface area contributed by atoms with Gasteiger partial charge in [0.1, 0.15) is 5.82 Å². The van der Waals surface area contributed by atoms with E-state index in [1.54, 1.807) is 6.07 Å². The molecule has 1 N–H and O–H groups in total. The van der Waals surface area contributed by atoms with E-state index in [0.29, 0.717) is 5.92 Å². The van der Waals surface area contributed by atoms with Crippen molar-refractivity contribution >= 4 is 0 Å². The molecular formula is C15H24FN. The third kappa shape index (κ3) is 3.81. The van der Waals surface area contributed by atoms with Crippen molar-refractivity contribution in [3.05, 3.63) is 35.1 Å². The zero-order chi connectivity index (χ0) is 12.8. The second-order valence-corrected chi connectivity index (χ2v) is 4.82. The van der Waals surface area contributed by atoms with Gasteiger partial charge < -0.3 is 5.32 Å². The van der Waals surface area contributed by atoms with Gasteiger partial charge in [0.05, 0.1) is 0 Å². The van der Waals surface area contributed by atoms with Crippen LogP contribution in [0.3, 0.4) is 0 Å². The number of aryl methyl sites for hydroxylation is 1. The van der Waals surface area contributed by atoms with Gasteiger partial charge in [0.25, 0.3) is 0 Å². The van der Waals surface area contributed by atoms with Crippen molar-refractivity contribution in [1.29, 1.82) is 0 Å². The molecule has 96 valence electrons. The molecule has 0 fully saturated rings.